The first-order valence-electron chi connectivity index (χ1n) is 9.48. The number of ether oxygens (including phenoxy) is 1. The predicted octanol–water partition coefficient (Wildman–Crippen LogP) is 1.19. The van der Waals surface area contributed by atoms with Crippen LogP contribution in [0.4, 0.5) is 10.5 Å². The predicted molar refractivity (Wildman–Crippen MR) is 100 cm³/mol. The van der Waals surface area contributed by atoms with Gasteiger partial charge in [0.1, 0.15) is 12.1 Å². The number of Topliss-reactive ketones (excluding diaryl/α,β-unsaturated/α-hetero) is 1. The van der Waals surface area contributed by atoms with Gasteiger partial charge in [-0.1, -0.05) is 0 Å². The summed E-state index contributed by atoms with van der Waals surface area (Å²) in [4.78, 5) is 61.6. The second kappa shape index (κ2) is 6.68. The molecule has 0 bridgehead atoms. The lowest BCUT2D eigenvalue weighted by molar-refractivity contribution is -0.146. The second-order valence-electron chi connectivity index (χ2n) is 7.89. The van der Waals surface area contributed by atoms with Crippen LogP contribution in [0, 0.1) is 5.92 Å². The molecule has 1 aliphatic carbocycles. The molecule has 2 N–H and O–H groups in total. The fourth-order valence-corrected chi connectivity index (χ4v) is 3.79. The normalized spacial score (nSPS) is 25.5. The Balaban J connectivity index is 1.34. The molecule has 0 unspecified atom stereocenters. The maximum absolute atomic E-state index is 12.5. The van der Waals surface area contributed by atoms with Gasteiger partial charge in [0.25, 0.3) is 5.91 Å². The van der Waals surface area contributed by atoms with Gasteiger partial charge in [-0.05, 0) is 56.4 Å². The topological polar surface area (TPSA) is 122 Å². The maximum atomic E-state index is 12.5. The van der Waals surface area contributed by atoms with Crippen molar-refractivity contribution < 1.29 is 28.7 Å². The highest BCUT2D eigenvalue weighted by Gasteiger charge is 2.56. The van der Waals surface area contributed by atoms with Crippen molar-refractivity contribution in [3.8, 4) is 0 Å². The Hall–Kier alpha value is -3.23. The molecule has 2 atom stereocenters. The maximum Gasteiger partial charge on any atom is 0.326 e. The molecule has 3 aliphatic rings. The number of fused-ring (bicyclic) bond motifs is 1. The number of ketones is 1. The van der Waals surface area contributed by atoms with Crippen molar-refractivity contribution in [3.05, 3.63) is 29.3 Å². The molecule has 2 fully saturated rings. The first-order chi connectivity index (χ1) is 13.7. The van der Waals surface area contributed by atoms with E-state index in [0.29, 0.717) is 16.8 Å². The fourth-order valence-electron chi connectivity index (χ4n) is 3.79. The van der Waals surface area contributed by atoms with E-state index < -0.39 is 42.4 Å². The van der Waals surface area contributed by atoms with E-state index in [-0.39, 0.29) is 17.7 Å². The molecule has 4 rings (SSSR count). The summed E-state index contributed by atoms with van der Waals surface area (Å²) in [6, 6.07) is 4.16. The minimum absolute atomic E-state index is 0.0881. The van der Waals surface area contributed by atoms with Gasteiger partial charge in [-0.2, -0.15) is 0 Å². The first kappa shape index (κ1) is 19.1. The summed E-state index contributed by atoms with van der Waals surface area (Å²) in [5.41, 5.74) is 0.718. The molecule has 1 saturated heterocycles. The number of urea groups is 1. The van der Waals surface area contributed by atoms with Crippen molar-refractivity contribution in [1.82, 2.24) is 10.2 Å². The molecular weight excluding hydrogens is 378 g/mol. The molecule has 0 aromatic heterocycles. The van der Waals surface area contributed by atoms with Crippen molar-refractivity contribution in [3.63, 3.8) is 0 Å². The van der Waals surface area contributed by atoms with Gasteiger partial charge in [-0.25, -0.2) is 4.79 Å². The molecule has 152 valence electrons. The van der Waals surface area contributed by atoms with Crippen molar-refractivity contribution >= 4 is 35.3 Å². The summed E-state index contributed by atoms with van der Waals surface area (Å²) in [5, 5.41) is 5.37. The number of anilines is 1. The molecule has 9 heteroatoms. The summed E-state index contributed by atoms with van der Waals surface area (Å²) in [6.45, 7) is 2.34. The van der Waals surface area contributed by atoms with Crippen molar-refractivity contribution in [2.45, 2.75) is 38.1 Å². The molecule has 1 aromatic rings. The highest BCUT2D eigenvalue weighted by atomic mass is 16.5. The summed E-state index contributed by atoms with van der Waals surface area (Å²) in [5.74, 6) is -2.13. The van der Waals surface area contributed by atoms with E-state index >= 15 is 0 Å². The Morgan fingerprint density at radius 2 is 1.97 bits per heavy atom. The number of nitrogens with one attached hydrogen (secondary N) is 2. The lowest BCUT2D eigenvalue weighted by Gasteiger charge is -2.20. The standard InChI is InChI=1S/C20H21N3O6/c1-10-13-7-11(3-6-14(13)21-17(10)26)15(24)9-29-16(25)8-23-18(27)20(2,12-4-5-12)22-19(23)28/h3,6-7,10,12H,4-5,8-9H2,1-2H3,(H,21,26)(H,22,28)/t10-,20+/m0/s1. The summed E-state index contributed by atoms with van der Waals surface area (Å²) >= 11 is 0. The quantitative estimate of drug-likeness (QED) is 0.421. The van der Waals surface area contributed by atoms with Crippen LogP contribution < -0.4 is 10.6 Å². The monoisotopic (exact) mass is 399 g/mol. The molecule has 4 amide bonds. The molecule has 2 heterocycles. The third-order valence-corrected chi connectivity index (χ3v) is 5.84. The number of benzene rings is 1. The zero-order valence-corrected chi connectivity index (χ0v) is 16.1. The largest absolute Gasteiger partial charge is 0.456 e. The second-order valence-corrected chi connectivity index (χ2v) is 7.89. The Bertz CT molecular complexity index is 954. The van der Waals surface area contributed by atoms with Gasteiger partial charge in [0.15, 0.2) is 12.4 Å². The van der Waals surface area contributed by atoms with Crippen LogP contribution >= 0.6 is 0 Å². The van der Waals surface area contributed by atoms with Crippen LogP contribution in [0.2, 0.25) is 0 Å². The Labute approximate surface area is 166 Å². The van der Waals surface area contributed by atoms with Gasteiger partial charge in [-0.3, -0.25) is 24.1 Å². The number of rotatable bonds is 6. The first-order valence-corrected chi connectivity index (χ1v) is 9.48. The third kappa shape index (κ3) is 3.26. The van der Waals surface area contributed by atoms with Crippen LogP contribution in [0.25, 0.3) is 0 Å². The molecular formula is C20H21N3O6. The van der Waals surface area contributed by atoms with E-state index in [2.05, 4.69) is 10.6 Å². The average molecular weight is 399 g/mol. The van der Waals surface area contributed by atoms with E-state index in [1.54, 1.807) is 32.0 Å². The molecule has 29 heavy (non-hydrogen) atoms. The molecule has 2 aliphatic heterocycles. The summed E-state index contributed by atoms with van der Waals surface area (Å²) < 4.78 is 4.98. The van der Waals surface area contributed by atoms with Crippen molar-refractivity contribution in [2.24, 2.45) is 5.92 Å². The van der Waals surface area contributed by atoms with Crippen LogP contribution in [0.5, 0.6) is 0 Å². The number of hydrogen-bond donors (Lipinski definition) is 2. The van der Waals surface area contributed by atoms with Gasteiger partial charge in [0.2, 0.25) is 5.91 Å². The Morgan fingerprint density at radius 1 is 1.24 bits per heavy atom. The van der Waals surface area contributed by atoms with Crippen molar-refractivity contribution in [2.75, 3.05) is 18.5 Å². The number of hydrogen-bond acceptors (Lipinski definition) is 6. The van der Waals surface area contributed by atoms with Crippen LogP contribution in [-0.2, 0) is 19.1 Å². The zero-order chi connectivity index (χ0) is 20.9. The van der Waals surface area contributed by atoms with E-state index in [0.717, 1.165) is 17.7 Å². The van der Waals surface area contributed by atoms with Crippen molar-refractivity contribution in [1.29, 1.82) is 0 Å². The number of carbonyl (C=O) groups excluding carboxylic acids is 5. The van der Waals surface area contributed by atoms with E-state index in [9.17, 15) is 24.0 Å². The molecule has 1 aromatic carbocycles. The van der Waals surface area contributed by atoms with E-state index in [1.165, 1.54) is 0 Å². The Morgan fingerprint density at radius 3 is 2.66 bits per heavy atom. The minimum atomic E-state index is -0.972. The third-order valence-electron chi connectivity index (χ3n) is 5.84. The highest BCUT2D eigenvalue weighted by molar-refractivity contribution is 6.09. The number of carbonyl (C=O) groups is 5. The minimum Gasteiger partial charge on any atom is -0.456 e. The van der Waals surface area contributed by atoms with Crippen LogP contribution in [0.3, 0.4) is 0 Å². The number of nitrogens with zero attached hydrogens (tertiary/aromatic N) is 1. The van der Waals surface area contributed by atoms with Crippen LogP contribution in [0.1, 0.15) is 48.5 Å². The number of esters is 1. The van der Waals surface area contributed by atoms with Gasteiger partial charge in [0.05, 0.1) is 5.92 Å². The van der Waals surface area contributed by atoms with Gasteiger partial charge in [0, 0.05) is 11.3 Å². The fraction of sp³-hybridized carbons (Fsp3) is 0.450. The average Bonchev–Trinajstić information content (AvgIpc) is 3.47. The van der Waals surface area contributed by atoms with Gasteiger partial charge in [-0.15, -0.1) is 0 Å². The lowest BCUT2D eigenvalue weighted by Crippen LogP contribution is -2.46. The summed E-state index contributed by atoms with van der Waals surface area (Å²) in [6.07, 6.45) is 1.71. The summed E-state index contributed by atoms with van der Waals surface area (Å²) in [7, 11) is 0. The van der Waals surface area contributed by atoms with E-state index in [4.69, 9.17) is 4.74 Å². The smallest absolute Gasteiger partial charge is 0.326 e. The van der Waals surface area contributed by atoms with Crippen LogP contribution in [0.15, 0.2) is 18.2 Å². The SMILES string of the molecule is C[C@@H]1C(=O)Nc2ccc(C(=O)COC(=O)CN3C(=O)N[C@](C)(C4CC4)C3=O)cc21. The molecule has 1 saturated carbocycles. The molecule has 9 nitrogen and oxygen atoms in total. The van der Waals surface area contributed by atoms with Crippen LogP contribution in [-0.4, -0.2) is 53.2 Å². The van der Waals surface area contributed by atoms with E-state index in [1.807, 2.05) is 0 Å². The number of imide groups is 1. The highest BCUT2D eigenvalue weighted by Crippen LogP contribution is 2.42. The molecule has 0 radical (unpaired) electrons. The zero-order valence-electron chi connectivity index (χ0n) is 16.1. The van der Waals surface area contributed by atoms with Gasteiger partial charge < -0.3 is 15.4 Å². The van der Waals surface area contributed by atoms with Gasteiger partial charge >= 0.3 is 12.0 Å². The Kier molecular flexibility index (Phi) is 4.40. The molecule has 0 spiro atoms. The lowest BCUT2D eigenvalue weighted by atomic mass is 9.96. The number of amides is 4.